The summed E-state index contributed by atoms with van der Waals surface area (Å²) in [5.41, 5.74) is 3.24. The normalized spacial score (nSPS) is 10.7. The van der Waals surface area contributed by atoms with Crippen LogP contribution >= 0.6 is 0 Å². The number of pyridine rings is 2. The molecule has 0 aliphatic rings. The van der Waals surface area contributed by atoms with Crippen molar-refractivity contribution in [2.24, 2.45) is 0 Å². The van der Waals surface area contributed by atoms with Crippen LogP contribution in [0.2, 0.25) is 0 Å². The maximum atomic E-state index is 12.4. The third-order valence-corrected chi connectivity index (χ3v) is 3.28. The zero-order valence-corrected chi connectivity index (χ0v) is 12.5. The molecule has 3 aromatic heterocycles. The highest BCUT2D eigenvalue weighted by atomic mass is 16.5. The summed E-state index contributed by atoms with van der Waals surface area (Å²) >= 11 is 0. The number of methoxy groups -OCH3 is 1. The molecule has 3 heterocycles. The monoisotopic (exact) mass is 297 g/mol. The van der Waals surface area contributed by atoms with Crippen molar-refractivity contribution in [2.75, 3.05) is 12.4 Å². The summed E-state index contributed by atoms with van der Waals surface area (Å²) in [6.07, 6.45) is 3.18. The number of aromatic nitrogens is 4. The number of carbonyl (C=O) groups is 1. The van der Waals surface area contributed by atoms with E-state index in [0.29, 0.717) is 17.1 Å². The Labute approximate surface area is 126 Å². The zero-order chi connectivity index (χ0) is 15.7. The average molecular weight is 297 g/mol. The molecular weight excluding hydrogens is 282 g/mol. The molecule has 0 spiro atoms. The highest BCUT2D eigenvalue weighted by Crippen LogP contribution is 2.21. The molecule has 7 heteroatoms. The Bertz CT molecular complexity index is 856. The van der Waals surface area contributed by atoms with Crippen LogP contribution in [0.4, 0.5) is 5.69 Å². The predicted octanol–water partition coefficient (Wildman–Crippen LogP) is 2.23. The number of nitrogens with one attached hydrogen (secondary N) is 2. The molecule has 0 aliphatic heterocycles. The van der Waals surface area contributed by atoms with Crippen LogP contribution in [0.3, 0.4) is 0 Å². The van der Waals surface area contributed by atoms with Gasteiger partial charge >= 0.3 is 0 Å². The number of hydrogen-bond acceptors (Lipinski definition) is 5. The van der Waals surface area contributed by atoms with E-state index in [1.54, 1.807) is 18.5 Å². The van der Waals surface area contributed by atoms with E-state index >= 15 is 0 Å². The second-order valence-electron chi connectivity index (χ2n) is 4.96. The molecule has 0 aliphatic carbocycles. The summed E-state index contributed by atoms with van der Waals surface area (Å²) in [7, 11) is 1.51. The van der Waals surface area contributed by atoms with E-state index in [1.807, 2.05) is 19.9 Å². The number of amides is 1. The van der Waals surface area contributed by atoms with Crippen molar-refractivity contribution in [3.63, 3.8) is 0 Å². The lowest BCUT2D eigenvalue weighted by molar-refractivity contribution is 0.101. The van der Waals surface area contributed by atoms with Crippen molar-refractivity contribution in [1.82, 2.24) is 20.2 Å². The lowest BCUT2D eigenvalue weighted by Crippen LogP contribution is -2.15. The van der Waals surface area contributed by atoms with E-state index in [-0.39, 0.29) is 11.6 Å². The molecule has 0 saturated heterocycles. The SMILES string of the molecule is COc1cc(C)cnc1C(=O)Nc1cnc2n[nH]c(C)c2c1. The van der Waals surface area contributed by atoms with Gasteiger partial charge in [0.2, 0.25) is 0 Å². The predicted molar refractivity (Wildman–Crippen MR) is 82.1 cm³/mol. The lowest BCUT2D eigenvalue weighted by atomic mass is 10.2. The Morgan fingerprint density at radius 2 is 2.05 bits per heavy atom. The molecule has 0 radical (unpaired) electrons. The van der Waals surface area contributed by atoms with E-state index in [0.717, 1.165) is 16.6 Å². The van der Waals surface area contributed by atoms with E-state index in [4.69, 9.17) is 4.74 Å². The van der Waals surface area contributed by atoms with E-state index in [1.165, 1.54) is 7.11 Å². The zero-order valence-electron chi connectivity index (χ0n) is 12.5. The molecule has 0 unspecified atom stereocenters. The van der Waals surface area contributed by atoms with Gasteiger partial charge in [0.15, 0.2) is 11.3 Å². The van der Waals surface area contributed by atoms with Crippen LogP contribution in [0.25, 0.3) is 11.0 Å². The summed E-state index contributed by atoms with van der Waals surface area (Å²) in [6, 6.07) is 3.59. The van der Waals surface area contributed by atoms with Crippen LogP contribution < -0.4 is 10.1 Å². The maximum Gasteiger partial charge on any atom is 0.278 e. The number of hydrogen-bond donors (Lipinski definition) is 2. The molecule has 0 fully saturated rings. The fourth-order valence-corrected chi connectivity index (χ4v) is 2.15. The molecule has 112 valence electrons. The van der Waals surface area contributed by atoms with Crippen molar-refractivity contribution in [3.05, 3.63) is 41.5 Å². The van der Waals surface area contributed by atoms with E-state index < -0.39 is 0 Å². The number of aromatic amines is 1. The van der Waals surface area contributed by atoms with Crippen molar-refractivity contribution in [1.29, 1.82) is 0 Å². The van der Waals surface area contributed by atoms with Gasteiger partial charge in [-0.1, -0.05) is 0 Å². The van der Waals surface area contributed by atoms with Crippen molar-refractivity contribution < 1.29 is 9.53 Å². The fraction of sp³-hybridized carbons (Fsp3) is 0.200. The van der Waals surface area contributed by atoms with Gasteiger partial charge in [-0.25, -0.2) is 9.97 Å². The van der Waals surface area contributed by atoms with Crippen LogP contribution in [-0.2, 0) is 0 Å². The first-order chi connectivity index (χ1) is 10.6. The summed E-state index contributed by atoms with van der Waals surface area (Å²) < 4.78 is 5.21. The Balaban J connectivity index is 1.91. The molecule has 0 atom stereocenters. The van der Waals surface area contributed by atoms with Crippen molar-refractivity contribution in [3.8, 4) is 5.75 Å². The highest BCUT2D eigenvalue weighted by molar-refractivity contribution is 6.05. The van der Waals surface area contributed by atoms with Gasteiger partial charge in [0.1, 0.15) is 5.75 Å². The number of H-pyrrole nitrogens is 1. The number of rotatable bonds is 3. The van der Waals surface area contributed by atoms with Crippen LogP contribution in [0.15, 0.2) is 24.5 Å². The van der Waals surface area contributed by atoms with Gasteiger partial charge in [-0.3, -0.25) is 9.89 Å². The second kappa shape index (κ2) is 5.44. The van der Waals surface area contributed by atoms with Gasteiger partial charge in [-0.2, -0.15) is 5.10 Å². The molecule has 0 saturated carbocycles. The van der Waals surface area contributed by atoms with Crippen molar-refractivity contribution in [2.45, 2.75) is 13.8 Å². The number of ether oxygens (including phenoxy) is 1. The average Bonchev–Trinajstić information content (AvgIpc) is 2.88. The first-order valence-corrected chi connectivity index (χ1v) is 6.71. The minimum absolute atomic E-state index is 0.233. The van der Waals surface area contributed by atoms with E-state index in [2.05, 4.69) is 25.5 Å². The standard InChI is InChI=1S/C15H15N5O2/c1-8-4-12(22-3)13(16-6-8)15(21)18-10-5-11-9(2)19-20-14(11)17-7-10/h4-7H,1-3H3,(H,18,21)(H,17,19,20). The number of fused-ring (bicyclic) bond motifs is 1. The third-order valence-electron chi connectivity index (χ3n) is 3.28. The quantitative estimate of drug-likeness (QED) is 0.773. The first kappa shape index (κ1) is 14.0. The summed E-state index contributed by atoms with van der Waals surface area (Å²) in [4.78, 5) is 20.7. The summed E-state index contributed by atoms with van der Waals surface area (Å²) in [6.45, 7) is 3.78. The van der Waals surface area contributed by atoms with Crippen molar-refractivity contribution >= 4 is 22.6 Å². The molecule has 3 rings (SSSR count). The summed E-state index contributed by atoms with van der Waals surface area (Å²) in [5.74, 6) is 0.0881. The highest BCUT2D eigenvalue weighted by Gasteiger charge is 2.15. The Kier molecular flexibility index (Phi) is 3.46. The maximum absolute atomic E-state index is 12.4. The third kappa shape index (κ3) is 2.48. The molecule has 1 amide bonds. The topological polar surface area (TPSA) is 92.8 Å². The van der Waals surface area contributed by atoms with Crippen LogP contribution in [0.1, 0.15) is 21.7 Å². The van der Waals surface area contributed by atoms with Crippen LogP contribution in [0, 0.1) is 13.8 Å². The van der Waals surface area contributed by atoms with Crippen LogP contribution in [0.5, 0.6) is 5.75 Å². The number of nitrogens with zero attached hydrogens (tertiary/aromatic N) is 3. The van der Waals surface area contributed by atoms with E-state index in [9.17, 15) is 4.79 Å². The molecule has 3 aromatic rings. The Morgan fingerprint density at radius 1 is 1.23 bits per heavy atom. The van der Waals surface area contributed by atoms with Gasteiger partial charge in [-0.15, -0.1) is 0 Å². The van der Waals surface area contributed by atoms with Gasteiger partial charge < -0.3 is 10.1 Å². The molecule has 2 N–H and O–H groups in total. The second-order valence-corrected chi connectivity index (χ2v) is 4.96. The Morgan fingerprint density at radius 3 is 2.82 bits per heavy atom. The van der Waals surface area contributed by atoms with Gasteiger partial charge in [0, 0.05) is 17.3 Å². The molecule has 0 aromatic carbocycles. The Hall–Kier alpha value is -2.96. The van der Waals surface area contributed by atoms with Crippen LogP contribution in [-0.4, -0.2) is 33.2 Å². The largest absolute Gasteiger partial charge is 0.494 e. The lowest BCUT2D eigenvalue weighted by Gasteiger charge is -2.09. The number of anilines is 1. The molecule has 22 heavy (non-hydrogen) atoms. The minimum atomic E-state index is -0.348. The summed E-state index contributed by atoms with van der Waals surface area (Å²) in [5, 5.41) is 10.5. The number of carbonyl (C=O) groups excluding carboxylic acids is 1. The van der Waals surface area contributed by atoms with Gasteiger partial charge in [0.25, 0.3) is 5.91 Å². The smallest absolute Gasteiger partial charge is 0.278 e. The van der Waals surface area contributed by atoms with Gasteiger partial charge in [-0.05, 0) is 31.5 Å². The minimum Gasteiger partial charge on any atom is -0.494 e. The molecule has 7 nitrogen and oxygen atoms in total. The number of aryl methyl sites for hydroxylation is 2. The first-order valence-electron chi connectivity index (χ1n) is 6.71. The molecule has 0 bridgehead atoms. The molecular formula is C15H15N5O2. The fourth-order valence-electron chi connectivity index (χ4n) is 2.15. The van der Waals surface area contributed by atoms with Gasteiger partial charge in [0.05, 0.1) is 19.0 Å².